The normalized spacial score (nSPS) is 10.4. The molecule has 0 unspecified atom stereocenters. The Kier molecular flexibility index (Phi) is 4.15. The number of amides is 1. The number of nitro groups is 1. The molecule has 2 rings (SSSR count). The Bertz CT molecular complexity index is 733. The van der Waals surface area contributed by atoms with Gasteiger partial charge in [0.2, 0.25) is 0 Å². The number of carboxylic acids is 1. The molecule has 0 bridgehead atoms. The van der Waals surface area contributed by atoms with Crippen molar-refractivity contribution in [1.82, 2.24) is 24.9 Å². The lowest BCUT2D eigenvalue weighted by Gasteiger charge is -2.06. The second-order valence-corrected chi connectivity index (χ2v) is 4.31. The van der Waals surface area contributed by atoms with Crippen molar-refractivity contribution in [2.75, 3.05) is 6.54 Å². The molecule has 2 aromatic rings. The summed E-state index contributed by atoms with van der Waals surface area (Å²) in [7, 11) is 1.46. The Hall–Kier alpha value is -3.24. The van der Waals surface area contributed by atoms with Crippen LogP contribution in [-0.4, -0.2) is 48.0 Å². The van der Waals surface area contributed by atoms with E-state index in [9.17, 15) is 19.7 Å². The molecule has 2 N–H and O–H groups in total. The third-order valence-electron chi connectivity index (χ3n) is 2.84. The number of aromatic nitrogens is 4. The summed E-state index contributed by atoms with van der Waals surface area (Å²) in [5.41, 5.74) is -0.417. The first-order valence-electron chi connectivity index (χ1n) is 6.10. The van der Waals surface area contributed by atoms with Gasteiger partial charge in [-0.15, -0.1) is 0 Å². The van der Waals surface area contributed by atoms with Gasteiger partial charge in [-0.2, -0.15) is 10.2 Å². The Morgan fingerprint density at radius 1 is 1.41 bits per heavy atom. The molecular weight excluding hydrogens is 296 g/mol. The van der Waals surface area contributed by atoms with Crippen LogP contribution in [0, 0.1) is 10.1 Å². The van der Waals surface area contributed by atoms with Crippen molar-refractivity contribution in [1.29, 1.82) is 0 Å². The molecule has 0 aliphatic heterocycles. The molecule has 11 nitrogen and oxygen atoms in total. The summed E-state index contributed by atoms with van der Waals surface area (Å²) < 4.78 is 2.47. The maximum atomic E-state index is 12.0. The van der Waals surface area contributed by atoms with Crippen LogP contribution < -0.4 is 5.32 Å². The lowest BCUT2D eigenvalue weighted by molar-refractivity contribution is -0.385. The van der Waals surface area contributed by atoms with E-state index in [1.165, 1.54) is 17.9 Å². The van der Waals surface area contributed by atoms with E-state index in [-0.39, 0.29) is 30.0 Å². The van der Waals surface area contributed by atoms with E-state index in [1.807, 2.05) is 0 Å². The molecule has 0 aliphatic rings. The largest absolute Gasteiger partial charge is 0.478 e. The van der Waals surface area contributed by atoms with E-state index in [2.05, 4.69) is 15.5 Å². The van der Waals surface area contributed by atoms with Crippen molar-refractivity contribution in [2.45, 2.75) is 6.54 Å². The van der Waals surface area contributed by atoms with Gasteiger partial charge in [-0.25, -0.2) is 4.79 Å². The van der Waals surface area contributed by atoms with Crippen molar-refractivity contribution in [3.05, 3.63) is 40.0 Å². The Morgan fingerprint density at radius 3 is 2.73 bits per heavy atom. The lowest BCUT2D eigenvalue weighted by Crippen LogP contribution is -2.30. The molecule has 0 saturated carbocycles. The molecule has 0 atom stereocenters. The first-order valence-corrected chi connectivity index (χ1v) is 6.10. The number of aryl methyl sites for hydroxylation is 1. The van der Waals surface area contributed by atoms with Crippen LogP contribution in [0.4, 0.5) is 5.69 Å². The van der Waals surface area contributed by atoms with Gasteiger partial charge in [-0.1, -0.05) is 0 Å². The molecule has 0 aromatic carbocycles. The summed E-state index contributed by atoms with van der Waals surface area (Å²) in [6, 6.07) is 0. The quantitative estimate of drug-likeness (QED) is 0.548. The minimum absolute atomic E-state index is 0.0704. The Labute approximate surface area is 123 Å². The van der Waals surface area contributed by atoms with Crippen molar-refractivity contribution < 1.29 is 19.6 Å². The topological polar surface area (TPSA) is 145 Å². The molecule has 0 fully saturated rings. The van der Waals surface area contributed by atoms with Crippen molar-refractivity contribution in [2.24, 2.45) is 7.05 Å². The third-order valence-corrected chi connectivity index (χ3v) is 2.84. The molecule has 1 amide bonds. The fourth-order valence-corrected chi connectivity index (χ4v) is 1.80. The molecule has 11 heteroatoms. The van der Waals surface area contributed by atoms with Crippen LogP contribution in [0.3, 0.4) is 0 Å². The molecule has 2 aromatic heterocycles. The Balaban J connectivity index is 1.97. The number of nitrogens with zero attached hydrogens (tertiary/aromatic N) is 5. The molecule has 0 radical (unpaired) electrons. The van der Waals surface area contributed by atoms with Crippen molar-refractivity contribution in [3.8, 4) is 0 Å². The number of rotatable bonds is 6. The molecule has 0 spiro atoms. The zero-order valence-corrected chi connectivity index (χ0v) is 11.5. The summed E-state index contributed by atoms with van der Waals surface area (Å²) in [5.74, 6) is -1.85. The smallest absolute Gasteiger partial charge is 0.339 e. The Morgan fingerprint density at radius 2 is 2.14 bits per heavy atom. The van der Waals surface area contributed by atoms with Crippen LogP contribution in [-0.2, 0) is 13.6 Å². The fourth-order valence-electron chi connectivity index (χ4n) is 1.80. The highest BCUT2D eigenvalue weighted by Gasteiger charge is 2.21. The van der Waals surface area contributed by atoms with Gasteiger partial charge >= 0.3 is 11.7 Å². The molecule has 2 heterocycles. The summed E-state index contributed by atoms with van der Waals surface area (Å²) in [4.78, 5) is 32.9. The van der Waals surface area contributed by atoms with Crippen molar-refractivity contribution >= 4 is 17.6 Å². The van der Waals surface area contributed by atoms with E-state index in [4.69, 9.17) is 5.11 Å². The molecule has 0 saturated heterocycles. The molecule has 22 heavy (non-hydrogen) atoms. The van der Waals surface area contributed by atoms with Crippen LogP contribution in [0.25, 0.3) is 0 Å². The summed E-state index contributed by atoms with van der Waals surface area (Å²) in [6.07, 6.45) is 3.43. The predicted molar refractivity (Wildman–Crippen MR) is 71.4 cm³/mol. The van der Waals surface area contributed by atoms with E-state index in [0.29, 0.717) is 0 Å². The summed E-state index contributed by atoms with van der Waals surface area (Å²) in [5, 5.41) is 29.5. The highest BCUT2D eigenvalue weighted by Crippen LogP contribution is 2.08. The standard InChI is InChI=1S/C11H12N6O5/c1-15-9(8(5-13-15)11(19)20)10(18)12-2-3-16-6-7(4-14-16)17(21)22/h4-6H,2-3H2,1H3,(H,12,18)(H,19,20). The number of carbonyl (C=O) groups excluding carboxylic acids is 1. The monoisotopic (exact) mass is 308 g/mol. The second kappa shape index (κ2) is 6.03. The van der Waals surface area contributed by atoms with Gasteiger partial charge in [0.25, 0.3) is 5.91 Å². The van der Waals surface area contributed by atoms with Crippen LogP contribution in [0.15, 0.2) is 18.6 Å². The molecule has 116 valence electrons. The summed E-state index contributed by atoms with van der Waals surface area (Å²) in [6.45, 7) is 0.335. The number of hydrogen-bond acceptors (Lipinski definition) is 6. The first kappa shape index (κ1) is 15.2. The summed E-state index contributed by atoms with van der Waals surface area (Å²) >= 11 is 0. The number of hydrogen-bond donors (Lipinski definition) is 2. The SMILES string of the molecule is Cn1ncc(C(=O)O)c1C(=O)NCCn1cc([N+](=O)[O-])cn1. The number of carboxylic acid groups (broad SMARTS) is 1. The van der Waals surface area contributed by atoms with Gasteiger partial charge in [-0.05, 0) is 0 Å². The second-order valence-electron chi connectivity index (χ2n) is 4.31. The van der Waals surface area contributed by atoms with E-state index < -0.39 is 16.8 Å². The molecular formula is C11H12N6O5. The van der Waals surface area contributed by atoms with E-state index >= 15 is 0 Å². The van der Waals surface area contributed by atoms with Crippen LogP contribution in [0.2, 0.25) is 0 Å². The number of nitrogens with one attached hydrogen (secondary N) is 1. The molecule has 0 aliphatic carbocycles. The fraction of sp³-hybridized carbons (Fsp3) is 0.273. The zero-order valence-electron chi connectivity index (χ0n) is 11.5. The zero-order chi connectivity index (χ0) is 16.3. The third kappa shape index (κ3) is 3.08. The van der Waals surface area contributed by atoms with Gasteiger partial charge in [-0.3, -0.25) is 24.3 Å². The van der Waals surface area contributed by atoms with Crippen molar-refractivity contribution in [3.63, 3.8) is 0 Å². The van der Waals surface area contributed by atoms with Gasteiger partial charge in [0, 0.05) is 13.6 Å². The average Bonchev–Trinajstić information content (AvgIpc) is 3.05. The lowest BCUT2D eigenvalue weighted by atomic mass is 10.2. The minimum atomic E-state index is -1.25. The van der Waals surface area contributed by atoms with Crippen LogP contribution in [0.1, 0.15) is 20.8 Å². The van der Waals surface area contributed by atoms with E-state index in [1.54, 1.807) is 0 Å². The van der Waals surface area contributed by atoms with Gasteiger partial charge in [0.1, 0.15) is 23.7 Å². The number of carbonyl (C=O) groups is 2. The van der Waals surface area contributed by atoms with Gasteiger partial charge < -0.3 is 10.4 Å². The average molecular weight is 308 g/mol. The predicted octanol–water partition coefficient (Wildman–Crippen LogP) is -0.347. The van der Waals surface area contributed by atoms with E-state index in [0.717, 1.165) is 17.1 Å². The van der Waals surface area contributed by atoms with Gasteiger partial charge in [0.15, 0.2) is 0 Å². The maximum Gasteiger partial charge on any atom is 0.339 e. The highest BCUT2D eigenvalue weighted by atomic mass is 16.6. The first-order chi connectivity index (χ1) is 10.4. The highest BCUT2D eigenvalue weighted by molar-refractivity contribution is 6.03. The number of aromatic carboxylic acids is 1. The minimum Gasteiger partial charge on any atom is -0.478 e. The van der Waals surface area contributed by atoms with Crippen LogP contribution >= 0.6 is 0 Å². The van der Waals surface area contributed by atoms with Gasteiger partial charge in [0.05, 0.1) is 17.7 Å². The van der Waals surface area contributed by atoms with Crippen LogP contribution in [0.5, 0.6) is 0 Å². The maximum absolute atomic E-state index is 12.0.